The van der Waals surface area contributed by atoms with E-state index in [4.69, 9.17) is 10.5 Å². The van der Waals surface area contributed by atoms with E-state index in [0.717, 1.165) is 56.9 Å². The second-order valence-corrected chi connectivity index (χ2v) is 18.6. The Kier molecular flexibility index (Phi) is 9.93. The number of benzene rings is 1. The molecule has 4 saturated carbocycles. The highest BCUT2D eigenvalue weighted by atomic mass is 16.5. The zero-order valence-electron chi connectivity index (χ0n) is 32.2. The van der Waals surface area contributed by atoms with Crippen LogP contribution in [-0.4, -0.2) is 43.0 Å². The fourth-order valence-corrected chi connectivity index (χ4v) is 12.9. The van der Waals surface area contributed by atoms with E-state index >= 15 is 0 Å². The van der Waals surface area contributed by atoms with Crippen molar-refractivity contribution in [2.45, 2.75) is 132 Å². The van der Waals surface area contributed by atoms with Crippen LogP contribution in [-0.2, 0) is 25.5 Å². The minimum atomic E-state index is -0.622. The lowest BCUT2D eigenvalue weighted by atomic mass is 9.33. The van der Waals surface area contributed by atoms with Crippen LogP contribution in [0.4, 0.5) is 0 Å². The Morgan fingerprint density at radius 1 is 0.880 bits per heavy atom. The molecule has 7 heteroatoms. The first-order valence-corrected chi connectivity index (χ1v) is 19.7. The molecule has 0 heterocycles. The maximum Gasteiger partial charge on any atom is 0.302 e. The second-order valence-electron chi connectivity index (χ2n) is 18.6. The molecule has 0 bridgehead atoms. The smallest absolute Gasteiger partial charge is 0.302 e. The van der Waals surface area contributed by atoms with Crippen molar-refractivity contribution in [2.75, 3.05) is 13.1 Å². The molecule has 2 amide bonds. The number of carbonyl (C=O) groups excluding carboxylic acids is 3. The topological polar surface area (TPSA) is 111 Å². The molecule has 7 nitrogen and oxygen atoms in total. The number of ether oxygens (including phenoxy) is 1. The van der Waals surface area contributed by atoms with Gasteiger partial charge in [-0.15, -0.1) is 0 Å². The molecule has 50 heavy (non-hydrogen) atoms. The number of rotatable bonds is 8. The van der Waals surface area contributed by atoms with Crippen molar-refractivity contribution in [2.24, 2.45) is 62.4 Å². The Labute approximate surface area is 301 Å². The number of esters is 1. The van der Waals surface area contributed by atoms with Crippen molar-refractivity contribution in [3.8, 4) is 0 Å². The third-order valence-corrected chi connectivity index (χ3v) is 16.0. The molecule has 0 spiro atoms. The highest BCUT2D eigenvalue weighted by Crippen LogP contribution is 2.75. The van der Waals surface area contributed by atoms with Gasteiger partial charge in [-0.05, 0) is 116 Å². The third kappa shape index (κ3) is 5.86. The van der Waals surface area contributed by atoms with Gasteiger partial charge in [-0.2, -0.15) is 0 Å². The van der Waals surface area contributed by atoms with Crippen molar-refractivity contribution in [3.05, 3.63) is 47.5 Å². The van der Waals surface area contributed by atoms with Crippen LogP contribution in [0.1, 0.15) is 119 Å². The van der Waals surface area contributed by atoms with Gasteiger partial charge >= 0.3 is 5.97 Å². The summed E-state index contributed by atoms with van der Waals surface area (Å²) in [4.78, 5) is 39.3. The van der Waals surface area contributed by atoms with Gasteiger partial charge in [0.1, 0.15) is 6.10 Å². The van der Waals surface area contributed by atoms with Crippen LogP contribution in [0.2, 0.25) is 0 Å². The average molecular weight is 688 g/mol. The first-order valence-electron chi connectivity index (χ1n) is 19.7. The molecule has 5 aliphatic carbocycles. The summed E-state index contributed by atoms with van der Waals surface area (Å²) in [6.45, 7) is 19.5. The first kappa shape index (κ1) is 37.1. The molecule has 6 rings (SSSR count). The Morgan fingerprint density at radius 3 is 2.28 bits per heavy atom. The quantitative estimate of drug-likeness (QED) is 0.150. The SMILES string of the molecule is CC(=O)O[C@H]1CC[C@]2(C)[C@H]3CC=C4[C@@H]5[C@@H](C)[C@H](C)CC[C@]5(C(=O)NCCNC(=O)[C@@H](N)Cc5ccccc5)CC[C@@]4(C)[C@]3(C)CC[C@H]2C1(C)C. The standard InChI is InChI=1S/C43H65N3O4/c1-27-16-21-43(38(49)46-25-24-45-37(48)32(44)26-30-12-10-9-11-13-30)23-22-41(7)31(36(43)28(27)2)14-15-34-40(6)19-18-35(50-29(3)47)39(4,5)33(40)17-20-42(34,41)8/h9-14,27-28,32-36H,15-26,44H2,1-8H3,(H,45,48)(H,46,49)/t27-,28+,32+,33+,34-,35+,36+,40+,41-,42-,43+/m1/s1. The molecular formula is C43H65N3O4. The van der Waals surface area contributed by atoms with Gasteiger partial charge in [-0.25, -0.2) is 0 Å². The summed E-state index contributed by atoms with van der Waals surface area (Å²) >= 11 is 0. The zero-order valence-corrected chi connectivity index (χ0v) is 32.2. The number of carbonyl (C=O) groups is 3. The van der Waals surface area contributed by atoms with Gasteiger partial charge in [0.05, 0.1) is 11.5 Å². The minimum Gasteiger partial charge on any atom is -0.462 e. The molecule has 0 aromatic heterocycles. The van der Waals surface area contributed by atoms with Crippen LogP contribution in [0.25, 0.3) is 0 Å². The number of amides is 2. The summed E-state index contributed by atoms with van der Waals surface area (Å²) in [6, 6.07) is 9.21. The van der Waals surface area contributed by atoms with Crippen molar-refractivity contribution in [1.82, 2.24) is 10.6 Å². The summed E-state index contributed by atoms with van der Waals surface area (Å²) < 4.78 is 5.95. The number of hydrogen-bond donors (Lipinski definition) is 3. The van der Waals surface area contributed by atoms with E-state index in [1.807, 2.05) is 30.3 Å². The molecule has 0 radical (unpaired) electrons. The lowest BCUT2D eigenvalue weighted by Crippen LogP contribution is -2.66. The average Bonchev–Trinajstić information content (AvgIpc) is 3.06. The number of allylic oxidation sites excluding steroid dienone is 2. The molecule has 276 valence electrons. The largest absolute Gasteiger partial charge is 0.462 e. The Balaban J connectivity index is 1.20. The normalized spacial score (nSPS) is 40.8. The highest BCUT2D eigenvalue weighted by Gasteiger charge is 2.69. The fraction of sp³-hybridized carbons (Fsp3) is 0.744. The van der Waals surface area contributed by atoms with E-state index in [2.05, 4.69) is 65.2 Å². The lowest BCUT2D eigenvalue weighted by molar-refractivity contribution is -0.212. The minimum absolute atomic E-state index is 0.0227. The van der Waals surface area contributed by atoms with Crippen LogP contribution < -0.4 is 16.4 Å². The van der Waals surface area contributed by atoms with Gasteiger partial charge in [-0.1, -0.05) is 90.4 Å². The summed E-state index contributed by atoms with van der Waals surface area (Å²) in [7, 11) is 0. The van der Waals surface area contributed by atoms with E-state index in [1.165, 1.54) is 6.42 Å². The molecule has 0 unspecified atom stereocenters. The summed E-state index contributed by atoms with van der Waals surface area (Å²) in [5.74, 6) is 2.07. The van der Waals surface area contributed by atoms with Crippen LogP contribution in [0.15, 0.2) is 42.0 Å². The number of fused-ring (bicyclic) bond motifs is 7. The monoisotopic (exact) mass is 687 g/mol. The molecule has 11 atom stereocenters. The molecule has 4 fully saturated rings. The van der Waals surface area contributed by atoms with Crippen LogP contribution >= 0.6 is 0 Å². The van der Waals surface area contributed by atoms with Crippen LogP contribution in [0, 0.1) is 56.7 Å². The van der Waals surface area contributed by atoms with Crippen LogP contribution in [0.3, 0.4) is 0 Å². The number of hydrogen-bond acceptors (Lipinski definition) is 5. The van der Waals surface area contributed by atoms with E-state index in [-0.39, 0.29) is 51.5 Å². The summed E-state index contributed by atoms with van der Waals surface area (Å²) in [5, 5.41) is 6.27. The Hall–Kier alpha value is -2.67. The Bertz CT molecular complexity index is 1490. The fourth-order valence-electron chi connectivity index (χ4n) is 12.9. The third-order valence-electron chi connectivity index (χ3n) is 16.0. The van der Waals surface area contributed by atoms with Crippen molar-refractivity contribution >= 4 is 17.8 Å². The zero-order chi connectivity index (χ0) is 36.3. The van der Waals surface area contributed by atoms with Gasteiger partial charge in [0.25, 0.3) is 0 Å². The highest BCUT2D eigenvalue weighted by molar-refractivity contribution is 5.84. The van der Waals surface area contributed by atoms with Gasteiger partial charge in [-0.3, -0.25) is 14.4 Å². The van der Waals surface area contributed by atoms with E-state index in [9.17, 15) is 14.4 Å². The predicted octanol–water partition coefficient (Wildman–Crippen LogP) is 7.38. The number of nitrogens with one attached hydrogen (secondary N) is 2. The van der Waals surface area contributed by atoms with E-state index in [1.54, 1.807) is 12.5 Å². The molecule has 0 aliphatic heterocycles. The number of nitrogens with two attached hydrogens (primary N) is 1. The predicted molar refractivity (Wildman–Crippen MR) is 199 cm³/mol. The lowest BCUT2D eigenvalue weighted by Gasteiger charge is -2.71. The Morgan fingerprint density at radius 2 is 1.58 bits per heavy atom. The van der Waals surface area contributed by atoms with Crippen molar-refractivity contribution in [1.29, 1.82) is 0 Å². The second kappa shape index (κ2) is 13.4. The summed E-state index contributed by atoms with van der Waals surface area (Å²) in [5.41, 5.74) is 8.67. The van der Waals surface area contributed by atoms with E-state index < -0.39 is 11.5 Å². The van der Waals surface area contributed by atoms with E-state index in [0.29, 0.717) is 43.2 Å². The van der Waals surface area contributed by atoms with Gasteiger partial charge in [0.15, 0.2) is 0 Å². The van der Waals surface area contributed by atoms with Crippen molar-refractivity contribution in [3.63, 3.8) is 0 Å². The van der Waals surface area contributed by atoms with Crippen LogP contribution in [0.5, 0.6) is 0 Å². The molecule has 1 aromatic rings. The van der Waals surface area contributed by atoms with Gasteiger partial charge in [0.2, 0.25) is 11.8 Å². The molecule has 1 aromatic carbocycles. The maximum absolute atomic E-state index is 14.5. The maximum atomic E-state index is 14.5. The molecule has 0 saturated heterocycles. The summed E-state index contributed by atoms with van der Waals surface area (Å²) in [6.07, 6.45) is 12.4. The first-order chi connectivity index (χ1) is 23.5. The molecule has 4 N–H and O–H groups in total. The van der Waals surface area contributed by atoms with Gasteiger partial charge < -0.3 is 21.1 Å². The van der Waals surface area contributed by atoms with Gasteiger partial charge in [0, 0.05) is 25.4 Å². The molecule has 5 aliphatic rings. The van der Waals surface area contributed by atoms with Crippen molar-refractivity contribution < 1.29 is 19.1 Å². The molecular weight excluding hydrogens is 622 g/mol.